The minimum Gasteiger partial charge on any atom is -0.316 e. The van der Waals surface area contributed by atoms with Gasteiger partial charge in [-0.3, -0.25) is 0 Å². The summed E-state index contributed by atoms with van der Waals surface area (Å²) >= 11 is 0. The van der Waals surface area contributed by atoms with E-state index in [0.29, 0.717) is 12.1 Å². The van der Waals surface area contributed by atoms with Gasteiger partial charge in [-0.1, -0.05) is 12.1 Å². The predicted octanol–water partition coefficient (Wildman–Crippen LogP) is 1.35. The number of sulfonamides is 1. The second kappa shape index (κ2) is 6.08. The number of nitrogens with one attached hydrogen (secondary N) is 1. The van der Waals surface area contributed by atoms with Crippen LogP contribution >= 0.6 is 0 Å². The van der Waals surface area contributed by atoms with E-state index in [1.54, 1.807) is 13.1 Å². The average molecular weight is 272 g/mol. The maximum atomic E-state index is 13.7. The van der Waals surface area contributed by atoms with Gasteiger partial charge in [-0.05, 0) is 24.7 Å². The van der Waals surface area contributed by atoms with Crippen molar-refractivity contribution in [3.8, 4) is 0 Å². The van der Waals surface area contributed by atoms with Crippen LogP contribution in [0.25, 0.3) is 0 Å². The van der Waals surface area contributed by atoms with Crippen molar-refractivity contribution in [2.45, 2.75) is 11.4 Å². The van der Waals surface area contributed by atoms with Crippen molar-refractivity contribution in [3.63, 3.8) is 0 Å². The molecule has 0 unspecified atom stereocenters. The fourth-order valence-corrected chi connectivity index (χ4v) is 2.76. The number of hydrogen-bond donors (Lipinski definition) is 1. The first-order valence-electron chi connectivity index (χ1n) is 5.43. The molecule has 0 saturated carbocycles. The molecule has 0 aliphatic carbocycles. The van der Waals surface area contributed by atoms with E-state index in [4.69, 9.17) is 0 Å². The van der Waals surface area contributed by atoms with Crippen LogP contribution in [0.1, 0.15) is 5.56 Å². The molecule has 0 aromatic heterocycles. The lowest BCUT2D eigenvalue weighted by Crippen LogP contribution is -2.28. The van der Waals surface area contributed by atoms with Gasteiger partial charge in [0.1, 0.15) is 10.7 Å². The molecular weight excluding hydrogens is 255 g/mol. The first-order chi connectivity index (χ1) is 8.43. The van der Waals surface area contributed by atoms with Gasteiger partial charge in [-0.15, -0.1) is 6.58 Å². The zero-order valence-electron chi connectivity index (χ0n) is 10.5. The highest BCUT2D eigenvalue weighted by Gasteiger charge is 2.23. The Balaban J connectivity index is 3.22. The topological polar surface area (TPSA) is 49.4 Å². The number of nitrogens with zero attached hydrogens (tertiary/aromatic N) is 1. The number of rotatable bonds is 6. The lowest BCUT2D eigenvalue weighted by atomic mass is 10.2. The van der Waals surface area contributed by atoms with Crippen LogP contribution in [0.5, 0.6) is 0 Å². The maximum absolute atomic E-state index is 13.7. The second-order valence-corrected chi connectivity index (χ2v) is 5.88. The zero-order valence-corrected chi connectivity index (χ0v) is 11.3. The van der Waals surface area contributed by atoms with E-state index in [0.717, 1.165) is 4.31 Å². The van der Waals surface area contributed by atoms with Crippen LogP contribution in [0, 0.1) is 5.82 Å². The molecule has 0 spiro atoms. The molecule has 0 aliphatic heterocycles. The van der Waals surface area contributed by atoms with Crippen molar-refractivity contribution < 1.29 is 12.8 Å². The summed E-state index contributed by atoms with van der Waals surface area (Å²) in [5.41, 5.74) is 0.712. The van der Waals surface area contributed by atoms with E-state index in [1.807, 2.05) is 0 Å². The second-order valence-electron chi connectivity index (χ2n) is 3.87. The van der Waals surface area contributed by atoms with E-state index in [-0.39, 0.29) is 11.4 Å². The molecule has 1 rings (SSSR count). The van der Waals surface area contributed by atoms with Crippen molar-refractivity contribution in [2.24, 2.45) is 0 Å². The van der Waals surface area contributed by atoms with Crippen molar-refractivity contribution in [3.05, 3.63) is 42.2 Å². The molecule has 1 N–H and O–H groups in total. The molecule has 0 saturated heterocycles. The Kier molecular flexibility index (Phi) is 5.01. The third-order valence-corrected chi connectivity index (χ3v) is 4.29. The smallest absolute Gasteiger partial charge is 0.246 e. The molecule has 1 aromatic carbocycles. The monoisotopic (exact) mass is 272 g/mol. The van der Waals surface area contributed by atoms with E-state index in [1.165, 1.54) is 25.3 Å². The highest BCUT2D eigenvalue weighted by atomic mass is 32.2. The van der Waals surface area contributed by atoms with Gasteiger partial charge in [-0.2, -0.15) is 4.31 Å². The number of halogens is 1. The van der Waals surface area contributed by atoms with Gasteiger partial charge in [-0.25, -0.2) is 12.8 Å². The molecule has 0 fully saturated rings. The zero-order chi connectivity index (χ0) is 13.8. The number of hydrogen-bond acceptors (Lipinski definition) is 3. The molecule has 0 bridgehead atoms. The SMILES string of the molecule is C=CCN(C)S(=O)(=O)c1cc(CNC)ccc1F. The largest absolute Gasteiger partial charge is 0.316 e. The van der Waals surface area contributed by atoms with Crippen LogP contribution in [0.4, 0.5) is 4.39 Å². The summed E-state index contributed by atoms with van der Waals surface area (Å²) in [5, 5.41) is 2.89. The van der Waals surface area contributed by atoms with Crippen LogP contribution in [-0.4, -0.2) is 33.4 Å². The Hall–Kier alpha value is -1.24. The number of likely N-dealkylation sites (N-methyl/N-ethyl adjacent to an activating group) is 1. The quantitative estimate of drug-likeness (QED) is 0.795. The number of benzene rings is 1. The Morgan fingerprint density at radius 3 is 2.72 bits per heavy atom. The third-order valence-electron chi connectivity index (χ3n) is 2.45. The Labute approximate surface area is 107 Å². The van der Waals surface area contributed by atoms with Crippen molar-refractivity contribution in [2.75, 3.05) is 20.6 Å². The fourth-order valence-electron chi connectivity index (χ4n) is 1.51. The molecule has 6 heteroatoms. The van der Waals surface area contributed by atoms with Crippen molar-refractivity contribution in [1.29, 1.82) is 0 Å². The lowest BCUT2D eigenvalue weighted by molar-refractivity contribution is 0.489. The highest BCUT2D eigenvalue weighted by Crippen LogP contribution is 2.19. The van der Waals surface area contributed by atoms with Gasteiger partial charge in [0.25, 0.3) is 0 Å². The van der Waals surface area contributed by atoms with E-state index in [9.17, 15) is 12.8 Å². The van der Waals surface area contributed by atoms with Gasteiger partial charge in [0.2, 0.25) is 10.0 Å². The fraction of sp³-hybridized carbons (Fsp3) is 0.333. The van der Waals surface area contributed by atoms with Gasteiger partial charge in [0.05, 0.1) is 0 Å². The first kappa shape index (κ1) is 14.8. The molecule has 1 aromatic rings. The van der Waals surface area contributed by atoms with E-state index in [2.05, 4.69) is 11.9 Å². The minimum atomic E-state index is -3.81. The normalized spacial score (nSPS) is 11.8. The standard InChI is InChI=1S/C12H17FN2O2S/c1-4-7-15(3)18(16,17)12-8-10(9-14-2)5-6-11(12)13/h4-6,8,14H,1,7,9H2,2-3H3. The maximum Gasteiger partial charge on any atom is 0.246 e. The summed E-state index contributed by atoms with van der Waals surface area (Å²) in [5.74, 6) is -0.745. The summed E-state index contributed by atoms with van der Waals surface area (Å²) in [6.07, 6.45) is 1.45. The first-order valence-corrected chi connectivity index (χ1v) is 6.87. The van der Waals surface area contributed by atoms with Crippen molar-refractivity contribution >= 4 is 10.0 Å². The predicted molar refractivity (Wildman–Crippen MR) is 69.2 cm³/mol. The van der Waals surface area contributed by atoms with E-state index >= 15 is 0 Å². The lowest BCUT2D eigenvalue weighted by Gasteiger charge is -2.16. The van der Waals surface area contributed by atoms with E-state index < -0.39 is 15.8 Å². The van der Waals surface area contributed by atoms with Crippen LogP contribution in [0.15, 0.2) is 35.7 Å². The molecule has 0 radical (unpaired) electrons. The average Bonchev–Trinajstić information content (AvgIpc) is 2.32. The van der Waals surface area contributed by atoms with Crippen LogP contribution in [-0.2, 0) is 16.6 Å². The molecule has 100 valence electrons. The summed E-state index contributed by atoms with van der Waals surface area (Å²) in [6, 6.07) is 4.07. The van der Waals surface area contributed by atoms with Crippen LogP contribution in [0.2, 0.25) is 0 Å². The molecule has 0 heterocycles. The molecule has 18 heavy (non-hydrogen) atoms. The molecular formula is C12H17FN2O2S. The summed E-state index contributed by atoms with van der Waals surface area (Å²) < 4.78 is 38.9. The molecule has 4 nitrogen and oxygen atoms in total. The summed E-state index contributed by atoms with van der Waals surface area (Å²) in [6.45, 7) is 4.08. The van der Waals surface area contributed by atoms with Crippen LogP contribution in [0.3, 0.4) is 0 Å². The van der Waals surface area contributed by atoms with Crippen molar-refractivity contribution in [1.82, 2.24) is 9.62 Å². The Morgan fingerprint density at radius 1 is 1.50 bits per heavy atom. The molecule has 0 aliphatic rings. The summed E-state index contributed by atoms with van der Waals surface area (Å²) in [4.78, 5) is -0.306. The van der Waals surface area contributed by atoms with Gasteiger partial charge in [0, 0.05) is 20.1 Å². The van der Waals surface area contributed by atoms with Crippen LogP contribution < -0.4 is 5.32 Å². The minimum absolute atomic E-state index is 0.137. The van der Waals surface area contributed by atoms with Gasteiger partial charge in [0.15, 0.2) is 0 Å². The summed E-state index contributed by atoms with van der Waals surface area (Å²) in [7, 11) is -0.686. The van der Waals surface area contributed by atoms with Gasteiger partial charge >= 0.3 is 0 Å². The Morgan fingerprint density at radius 2 is 2.17 bits per heavy atom. The van der Waals surface area contributed by atoms with Gasteiger partial charge < -0.3 is 5.32 Å². The molecule has 0 amide bonds. The third kappa shape index (κ3) is 3.16. The molecule has 0 atom stereocenters. The Bertz CT molecular complexity index is 529. The highest BCUT2D eigenvalue weighted by molar-refractivity contribution is 7.89.